The van der Waals surface area contributed by atoms with Gasteiger partial charge < -0.3 is 19.5 Å². The molecule has 1 saturated heterocycles. The zero-order valence-corrected chi connectivity index (χ0v) is 24.4. The lowest BCUT2D eigenvalue weighted by Crippen LogP contribution is -2.47. The summed E-state index contributed by atoms with van der Waals surface area (Å²) in [6, 6.07) is 22.8. The Hall–Kier alpha value is -5.30. The quantitative estimate of drug-likeness (QED) is 0.274. The number of benzene rings is 3. The molecule has 4 heterocycles. The third-order valence-electron chi connectivity index (χ3n) is 7.69. The summed E-state index contributed by atoms with van der Waals surface area (Å²) < 4.78 is 29.0. The molecule has 0 unspecified atom stereocenters. The summed E-state index contributed by atoms with van der Waals surface area (Å²) in [7, 11) is -3.80. The second-order valence-electron chi connectivity index (χ2n) is 10.6. The molecule has 222 valence electrons. The second-order valence-corrected chi connectivity index (χ2v) is 12.6. The Morgan fingerprint density at radius 2 is 1.55 bits per heavy atom. The Bertz CT molecular complexity index is 2080. The number of phenolic OH excluding ortho intramolecular Hbond substituents is 1. The number of piperazine rings is 1. The lowest BCUT2D eigenvalue weighted by molar-refractivity contribution is -0.117. The molecule has 0 spiro atoms. The summed E-state index contributed by atoms with van der Waals surface area (Å²) in [6.07, 6.45) is 3.25. The van der Waals surface area contributed by atoms with E-state index in [-0.39, 0.29) is 17.2 Å². The standard InChI is InChI=1S/C31H28N8O4S/c40-24-12-10-23(11-13-24)36-14-16-37(17-15-36)31-34-29-28(30(35-31)39-27-9-5-4-6-22(27)18-33-39)32-21-38(29)19-25(41)20-44(42,43)26-7-2-1-3-8-26/h1-13,18,21,40H,14-17,19-20H2. The molecular weight excluding hydrogens is 580 g/mol. The van der Waals surface area contributed by atoms with Crippen molar-refractivity contribution in [2.45, 2.75) is 11.4 Å². The van der Waals surface area contributed by atoms with E-state index in [1.807, 2.05) is 36.4 Å². The predicted molar refractivity (Wildman–Crippen MR) is 166 cm³/mol. The number of aromatic hydroxyl groups is 1. The normalized spacial score (nSPS) is 14.0. The minimum Gasteiger partial charge on any atom is -0.508 e. The molecule has 7 rings (SSSR count). The van der Waals surface area contributed by atoms with E-state index in [4.69, 9.17) is 9.97 Å². The zero-order valence-electron chi connectivity index (χ0n) is 23.6. The highest BCUT2D eigenvalue weighted by Gasteiger charge is 2.25. The maximum atomic E-state index is 13.1. The Kier molecular flexibility index (Phi) is 6.93. The highest BCUT2D eigenvalue weighted by Crippen LogP contribution is 2.27. The van der Waals surface area contributed by atoms with Crippen LogP contribution in [-0.2, 0) is 21.2 Å². The Labute approximate surface area is 252 Å². The predicted octanol–water partition coefficient (Wildman–Crippen LogP) is 3.24. The maximum absolute atomic E-state index is 13.1. The van der Waals surface area contributed by atoms with Crippen LogP contribution in [0.15, 0.2) is 96.3 Å². The van der Waals surface area contributed by atoms with E-state index in [0.29, 0.717) is 49.1 Å². The fraction of sp³-hybridized carbons (Fsp3) is 0.194. The number of fused-ring (bicyclic) bond motifs is 2. The summed E-state index contributed by atoms with van der Waals surface area (Å²) in [5, 5.41) is 15.2. The molecule has 1 N–H and O–H groups in total. The van der Waals surface area contributed by atoms with Gasteiger partial charge in [0, 0.05) is 37.3 Å². The molecule has 3 aromatic heterocycles. The number of ketones is 1. The number of hydrogen-bond acceptors (Lipinski definition) is 10. The highest BCUT2D eigenvalue weighted by atomic mass is 32.2. The number of rotatable bonds is 8. The Morgan fingerprint density at radius 3 is 2.32 bits per heavy atom. The number of carbonyl (C=O) groups is 1. The summed E-state index contributed by atoms with van der Waals surface area (Å²) >= 11 is 0. The molecule has 3 aromatic carbocycles. The van der Waals surface area contributed by atoms with Crippen LogP contribution >= 0.6 is 0 Å². The molecule has 0 saturated carbocycles. The van der Waals surface area contributed by atoms with Gasteiger partial charge in [-0.2, -0.15) is 15.1 Å². The maximum Gasteiger partial charge on any atom is 0.229 e. The Balaban J connectivity index is 1.23. The van der Waals surface area contributed by atoms with Crippen molar-refractivity contribution in [1.29, 1.82) is 0 Å². The van der Waals surface area contributed by atoms with Crippen LogP contribution in [0, 0.1) is 0 Å². The van der Waals surface area contributed by atoms with Crippen LogP contribution < -0.4 is 9.80 Å². The minimum absolute atomic E-state index is 0.104. The monoisotopic (exact) mass is 608 g/mol. The molecule has 6 aromatic rings. The topological polar surface area (TPSA) is 139 Å². The highest BCUT2D eigenvalue weighted by molar-refractivity contribution is 7.92. The first kappa shape index (κ1) is 27.5. The third kappa shape index (κ3) is 5.22. The van der Waals surface area contributed by atoms with Crippen molar-refractivity contribution in [2.24, 2.45) is 0 Å². The molecule has 0 amide bonds. The van der Waals surface area contributed by atoms with Crippen LogP contribution in [0.4, 0.5) is 11.6 Å². The zero-order chi connectivity index (χ0) is 30.3. The largest absolute Gasteiger partial charge is 0.508 e. The molecular formula is C31H28N8O4S. The molecule has 0 bridgehead atoms. The number of imidazole rings is 1. The average Bonchev–Trinajstić information content (AvgIpc) is 3.66. The van der Waals surface area contributed by atoms with Gasteiger partial charge >= 0.3 is 0 Å². The molecule has 0 atom stereocenters. The second kappa shape index (κ2) is 11.1. The number of phenols is 1. The van der Waals surface area contributed by atoms with E-state index in [1.165, 1.54) is 18.5 Å². The molecule has 1 fully saturated rings. The summed E-state index contributed by atoms with van der Waals surface area (Å²) in [5.41, 5.74) is 2.72. The van der Waals surface area contributed by atoms with Gasteiger partial charge in [0.1, 0.15) is 11.5 Å². The molecule has 0 aliphatic carbocycles. The number of nitrogens with zero attached hydrogens (tertiary/aromatic N) is 8. The van der Waals surface area contributed by atoms with Crippen molar-refractivity contribution in [3.63, 3.8) is 0 Å². The first-order valence-electron chi connectivity index (χ1n) is 14.1. The Morgan fingerprint density at radius 1 is 0.841 bits per heavy atom. The molecule has 1 aliphatic rings. The SMILES string of the molecule is O=C(Cn1cnc2c(-n3ncc4ccccc43)nc(N3CCN(c4ccc(O)cc4)CC3)nc21)CS(=O)(=O)c1ccccc1. The fourth-order valence-electron chi connectivity index (χ4n) is 5.45. The van der Waals surface area contributed by atoms with Gasteiger partial charge in [0.05, 0.1) is 29.5 Å². The van der Waals surface area contributed by atoms with Gasteiger partial charge in [0.25, 0.3) is 0 Å². The molecule has 44 heavy (non-hydrogen) atoms. The van der Waals surface area contributed by atoms with E-state index in [2.05, 4.69) is 19.9 Å². The van der Waals surface area contributed by atoms with Gasteiger partial charge in [-0.1, -0.05) is 36.4 Å². The van der Waals surface area contributed by atoms with Crippen molar-refractivity contribution < 1.29 is 18.3 Å². The van der Waals surface area contributed by atoms with E-state index in [9.17, 15) is 18.3 Å². The van der Waals surface area contributed by atoms with Crippen molar-refractivity contribution in [2.75, 3.05) is 41.7 Å². The lowest BCUT2D eigenvalue weighted by Gasteiger charge is -2.36. The first-order valence-corrected chi connectivity index (χ1v) is 15.8. The number of Topliss-reactive ketones (excluding diaryl/α,β-unsaturated/α-hetero) is 1. The van der Waals surface area contributed by atoms with E-state index in [0.717, 1.165) is 16.6 Å². The van der Waals surface area contributed by atoms with Gasteiger partial charge in [0.2, 0.25) is 5.95 Å². The number of aromatic nitrogens is 6. The van der Waals surface area contributed by atoms with Crippen LogP contribution in [0.1, 0.15) is 0 Å². The van der Waals surface area contributed by atoms with Gasteiger partial charge in [0.15, 0.2) is 32.6 Å². The minimum atomic E-state index is -3.80. The van der Waals surface area contributed by atoms with Crippen molar-refractivity contribution in [1.82, 2.24) is 29.3 Å². The third-order valence-corrected chi connectivity index (χ3v) is 9.38. The van der Waals surface area contributed by atoms with Crippen molar-refractivity contribution in [3.05, 3.63) is 91.4 Å². The number of para-hydroxylation sites is 1. The molecule has 12 nitrogen and oxygen atoms in total. The van der Waals surface area contributed by atoms with Crippen LogP contribution in [0.25, 0.3) is 27.9 Å². The number of hydrogen-bond donors (Lipinski definition) is 1. The van der Waals surface area contributed by atoms with Crippen LogP contribution in [0.5, 0.6) is 5.75 Å². The van der Waals surface area contributed by atoms with Crippen molar-refractivity contribution in [3.8, 4) is 11.6 Å². The summed E-state index contributed by atoms with van der Waals surface area (Å²) in [4.78, 5) is 31.8. The molecule has 13 heteroatoms. The van der Waals surface area contributed by atoms with Crippen LogP contribution in [-0.4, -0.2) is 80.5 Å². The number of sulfone groups is 1. The van der Waals surface area contributed by atoms with Crippen molar-refractivity contribution >= 4 is 49.3 Å². The van der Waals surface area contributed by atoms with Gasteiger partial charge in [-0.05, 0) is 42.5 Å². The lowest BCUT2D eigenvalue weighted by atomic mass is 10.2. The average molecular weight is 609 g/mol. The summed E-state index contributed by atoms with van der Waals surface area (Å²) in [5.74, 6) is 0.0334. The van der Waals surface area contributed by atoms with Gasteiger partial charge in [-0.25, -0.2) is 18.1 Å². The van der Waals surface area contributed by atoms with Gasteiger partial charge in [-0.15, -0.1) is 0 Å². The number of carbonyl (C=O) groups excluding carboxylic acids is 1. The molecule has 1 aliphatic heterocycles. The van der Waals surface area contributed by atoms with E-state index < -0.39 is 21.4 Å². The first-order chi connectivity index (χ1) is 21.4. The summed E-state index contributed by atoms with van der Waals surface area (Å²) in [6.45, 7) is 2.47. The number of anilines is 2. The fourth-order valence-corrected chi connectivity index (χ4v) is 6.70. The van der Waals surface area contributed by atoms with Crippen LogP contribution in [0.2, 0.25) is 0 Å². The van der Waals surface area contributed by atoms with Gasteiger partial charge in [-0.3, -0.25) is 4.79 Å². The molecule has 0 radical (unpaired) electrons. The van der Waals surface area contributed by atoms with Crippen LogP contribution in [0.3, 0.4) is 0 Å². The van der Waals surface area contributed by atoms with E-state index in [1.54, 1.807) is 45.8 Å². The van der Waals surface area contributed by atoms with E-state index >= 15 is 0 Å². The smallest absolute Gasteiger partial charge is 0.229 e.